The van der Waals surface area contributed by atoms with E-state index in [-0.39, 0.29) is 42.2 Å². The third kappa shape index (κ3) is 4.43. The molecule has 0 radical (unpaired) electrons. The van der Waals surface area contributed by atoms with Crippen LogP contribution in [0.2, 0.25) is 0 Å². The number of aliphatic hydroxyl groups excluding tert-OH is 1. The van der Waals surface area contributed by atoms with Gasteiger partial charge in [-0.2, -0.15) is 4.31 Å². The van der Waals surface area contributed by atoms with Crippen LogP contribution >= 0.6 is 0 Å². The molecule has 8 rings (SSSR count). The Bertz CT molecular complexity index is 1530. The van der Waals surface area contributed by atoms with Crippen molar-refractivity contribution in [3.63, 3.8) is 0 Å². The van der Waals surface area contributed by atoms with E-state index in [0.717, 1.165) is 44.1 Å². The molecule has 3 saturated carbocycles. The number of allylic oxidation sites excluding steroid dienone is 4. The largest absolute Gasteiger partial charge is 0.497 e. The molecule has 2 bridgehead atoms. The van der Waals surface area contributed by atoms with Gasteiger partial charge in [0.1, 0.15) is 5.75 Å². The van der Waals surface area contributed by atoms with Gasteiger partial charge in [0.2, 0.25) is 10.0 Å². The molecule has 4 fully saturated rings. The fourth-order valence-electron chi connectivity index (χ4n) is 11.1. The average molecular weight is 640 g/mol. The lowest BCUT2D eigenvalue weighted by atomic mass is 9.32. The van der Waals surface area contributed by atoms with Crippen LogP contribution in [0, 0.1) is 33.5 Å². The summed E-state index contributed by atoms with van der Waals surface area (Å²) in [7, 11) is -1.99. The van der Waals surface area contributed by atoms with Gasteiger partial charge in [-0.1, -0.05) is 32.1 Å². The van der Waals surface area contributed by atoms with E-state index in [2.05, 4.69) is 32.1 Å². The number of sulfonamides is 1. The van der Waals surface area contributed by atoms with Gasteiger partial charge in [-0.3, -0.25) is 4.79 Å². The van der Waals surface area contributed by atoms with Crippen molar-refractivity contribution >= 4 is 15.8 Å². The number of aliphatic hydroxyl groups is 2. The highest BCUT2D eigenvalue weighted by Gasteiger charge is 2.74. The second kappa shape index (κ2) is 10.5. The van der Waals surface area contributed by atoms with Gasteiger partial charge in [-0.25, -0.2) is 8.42 Å². The number of nitrogens with zero attached hydrogens (tertiary/aromatic N) is 1. The average Bonchev–Trinajstić information content (AvgIpc) is 3.61. The SMILES string of the molecule is COc1ccc(C(=O)C2=CC34C=CC25C(CCC2(C)C5CCC2(O)CN(CC2CCCO2)S(C)(=O)=O)C3(C)CCC(O)C4)cc1. The van der Waals surface area contributed by atoms with Crippen LogP contribution in [0.15, 0.2) is 48.1 Å². The zero-order chi connectivity index (χ0) is 32.0. The molecule has 1 aromatic rings. The number of methoxy groups -OCH3 is 1. The van der Waals surface area contributed by atoms with Crippen LogP contribution in [-0.4, -0.2) is 79.6 Å². The summed E-state index contributed by atoms with van der Waals surface area (Å²) in [5.41, 5.74) is -1.63. The fraction of sp³-hybridized carbons (Fsp3) is 0.694. The van der Waals surface area contributed by atoms with E-state index in [4.69, 9.17) is 9.47 Å². The van der Waals surface area contributed by atoms with Crippen molar-refractivity contribution in [2.75, 3.05) is 33.1 Å². The topological polar surface area (TPSA) is 113 Å². The Labute approximate surface area is 267 Å². The fourth-order valence-corrected chi connectivity index (χ4v) is 12.0. The molecule has 6 aliphatic carbocycles. The summed E-state index contributed by atoms with van der Waals surface area (Å²) in [5, 5.41) is 23.6. The van der Waals surface area contributed by atoms with Crippen LogP contribution < -0.4 is 4.74 Å². The van der Waals surface area contributed by atoms with E-state index in [0.29, 0.717) is 37.2 Å². The molecule has 0 aromatic heterocycles. The van der Waals surface area contributed by atoms with Crippen LogP contribution in [0.4, 0.5) is 0 Å². The number of carbonyl (C=O) groups excluding carboxylic acids is 1. The highest BCUT2D eigenvalue weighted by atomic mass is 32.2. The van der Waals surface area contributed by atoms with Gasteiger partial charge in [0.25, 0.3) is 0 Å². The molecule has 246 valence electrons. The number of benzene rings is 1. The van der Waals surface area contributed by atoms with Crippen LogP contribution in [0.25, 0.3) is 0 Å². The Hall–Kier alpha value is -2.04. The maximum absolute atomic E-state index is 14.7. The summed E-state index contributed by atoms with van der Waals surface area (Å²) in [6, 6.07) is 7.29. The Balaban J connectivity index is 1.32. The Morgan fingerprint density at radius 3 is 2.38 bits per heavy atom. The zero-order valence-electron chi connectivity index (χ0n) is 27.1. The quantitative estimate of drug-likeness (QED) is 0.307. The lowest BCUT2D eigenvalue weighted by Gasteiger charge is -2.71. The van der Waals surface area contributed by atoms with Crippen molar-refractivity contribution in [2.45, 2.75) is 89.4 Å². The van der Waals surface area contributed by atoms with Gasteiger partial charge in [0, 0.05) is 47.1 Å². The maximum Gasteiger partial charge on any atom is 0.211 e. The first-order valence-corrected chi connectivity index (χ1v) is 18.7. The molecule has 1 saturated heterocycles. The zero-order valence-corrected chi connectivity index (χ0v) is 27.9. The van der Waals surface area contributed by atoms with E-state index >= 15 is 0 Å². The molecule has 2 spiro atoms. The maximum atomic E-state index is 14.7. The molecule has 7 aliphatic rings. The van der Waals surface area contributed by atoms with Crippen LogP contribution in [0.1, 0.15) is 82.0 Å². The van der Waals surface area contributed by atoms with Gasteiger partial charge in [0.15, 0.2) is 5.78 Å². The summed E-state index contributed by atoms with van der Waals surface area (Å²) in [6.07, 6.45) is 14.1. The number of rotatable bonds is 8. The molecule has 8 nitrogen and oxygen atoms in total. The van der Waals surface area contributed by atoms with Gasteiger partial charge in [0.05, 0.1) is 31.2 Å². The first-order chi connectivity index (χ1) is 21.2. The van der Waals surface area contributed by atoms with Crippen LogP contribution in [-0.2, 0) is 14.8 Å². The first kappa shape index (κ1) is 31.6. The Morgan fingerprint density at radius 2 is 1.71 bits per heavy atom. The van der Waals surface area contributed by atoms with Crippen molar-refractivity contribution in [3.05, 3.63) is 53.6 Å². The number of hydrogen-bond acceptors (Lipinski definition) is 7. The number of hydrogen-bond donors (Lipinski definition) is 2. The number of ketones is 1. The first-order valence-electron chi connectivity index (χ1n) is 16.8. The normalized spacial score (nSPS) is 43.5. The molecule has 1 heterocycles. The molecular formula is C36H49NO7S. The monoisotopic (exact) mass is 639 g/mol. The third-order valence-corrected chi connectivity index (χ3v) is 14.9. The number of fused-ring (bicyclic) bond motifs is 1. The second-order valence-corrected chi connectivity index (χ2v) is 17.5. The third-order valence-electron chi connectivity index (χ3n) is 13.6. The van der Waals surface area contributed by atoms with Crippen molar-refractivity contribution < 1.29 is 32.9 Å². The van der Waals surface area contributed by atoms with Gasteiger partial charge < -0.3 is 19.7 Å². The lowest BCUT2D eigenvalue weighted by Crippen LogP contribution is -2.67. The molecule has 1 aromatic carbocycles. The highest BCUT2D eigenvalue weighted by Crippen LogP contribution is 2.78. The van der Waals surface area contributed by atoms with Crippen LogP contribution in [0.3, 0.4) is 0 Å². The molecule has 9 unspecified atom stereocenters. The molecule has 9 atom stereocenters. The van der Waals surface area contributed by atoms with E-state index in [9.17, 15) is 23.4 Å². The van der Waals surface area contributed by atoms with Crippen molar-refractivity contribution in [3.8, 4) is 5.75 Å². The molecule has 0 amide bonds. The summed E-state index contributed by atoms with van der Waals surface area (Å²) >= 11 is 0. The van der Waals surface area contributed by atoms with E-state index in [1.165, 1.54) is 10.6 Å². The smallest absolute Gasteiger partial charge is 0.211 e. The molecule has 45 heavy (non-hydrogen) atoms. The van der Waals surface area contributed by atoms with E-state index < -0.39 is 38.0 Å². The summed E-state index contributed by atoms with van der Waals surface area (Å²) in [4.78, 5) is 14.7. The van der Waals surface area contributed by atoms with E-state index in [1.54, 1.807) is 7.11 Å². The van der Waals surface area contributed by atoms with Gasteiger partial charge in [-0.15, -0.1) is 0 Å². The predicted molar refractivity (Wildman–Crippen MR) is 171 cm³/mol. The van der Waals surface area contributed by atoms with Crippen LogP contribution in [0.5, 0.6) is 5.75 Å². The Kier molecular flexibility index (Phi) is 7.35. The van der Waals surface area contributed by atoms with Crippen molar-refractivity contribution in [1.29, 1.82) is 0 Å². The summed E-state index contributed by atoms with van der Waals surface area (Å²) in [5.74, 6) is 0.796. The second-order valence-electron chi connectivity index (χ2n) is 15.6. The minimum absolute atomic E-state index is 0.00988. The molecular weight excluding hydrogens is 590 g/mol. The number of Topliss-reactive ketones (excluding diaryl/α,β-unsaturated/α-hetero) is 1. The standard InChI is InChI=1S/C36H49NO7S/c1-32-14-11-25(38)20-34(32)17-18-36(28(21-34)31(39)24-7-9-26(43-3)10-8-24)29(32)12-15-33(2)30(36)13-16-35(33,40)23-37(45(4,41)42)22-27-6-5-19-44-27/h7-10,17-18,21,25,27,29-30,38,40H,5-6,11-16,19-20,22-23H2,1-4H3. The highest BCUT2D eigenvalue weighted by molar-refractivity contribution is 7.88. The minimum Gasteiger partial charge on any atom is -0.497 e. The molecule has 9 heteroatoms. The molecule has 1 aliphatic heterocycles. The predicted octanol–water partition coefficient (Wildman–Crippen LogP) is 4.91. The van der Waals surface area contributed by atoms with Crippen molar-refractivity contribution in [1.82, 2.24) is 4.31 Å². The Morgan fingerprint density at radius 1 is 1.02 bits per heavy atom. The number of carbonyl (C=O) groups is 1. The van der Waals surface area contributed by atoms with Gasteiger partial charge in [-0.05, 0) is 99.3 Å². The minimum atomic E-state index is -3.60. The summed E-state index contributed by atoms with van der Waals surface area (Å²) < 4.78 is 38.8. The van der Waals surface area contributed by atoms with Gasteiger partial charge >= 0.3 is 0 Å². The lowest BCUT2D eigenvalue weighted by molar-refractivity contribution is -0.174. The van der Waals surface area contributed by atoms with E-state index in [1.807, 2.05) is 24.3 Å². The van der Waals surface area contributed by atoms with Crippen molar-refractivity contribution in [2.24, 2.45) is 33.5 Å². The molecule has 2 N–H and O–H groups in total. The summed E-state index contributed by atoms with van der Waals surface area (Å²) in [6.45, 7) is 5.43. The number of ether oxygens (including phenoxy) is 2.